The largest absolute Gasteiger partial charge is 0.374 e. The van der Waals surface area contributed by atoms with Crippen molar-refractivity contribution in [1.29, 1.82) is 0 Å². The van der Waals surface area contributed by atoms with Gasteiger partial charge in [0.2, 0.25) is 0 Å². The molecule has 0 fully saturated rings. The zero-order valence-corrected chi connectivity index (χ0v) is 12.4. The van der Waals surface area contributed by atoms with Crippen LogP contribution in [0.2, 0.25) is 0 Å². The summed E-state index contributed by atoms with van der Waals surface area (Å²) in [6.45, 7) is 7.36. The number of hydrogen-bond donors (Lipinski definition) is 1. The molecule has 0 bridgehead atoms. The van der Waals surface area contributed by atoms with Crippen LogP contribution in [0.25, 0.3) is 0 Å². The molecule has 0 atom stereocenters. The first kappa shape index (κ1) is 15.4. The molecule has 0 aliphatic rings. The van der Waals surface area contributed by atoms with E-state index in [0.29, 0.717) is 18.7 Å². The number of carbonyl (C=O) groups is 1. The van der Waals surface area contributed by atoms with Crippen molar-refractivity contribution in [3.05, 3.63) is 23.9 Å². The Labute approximate surface area is 115 Å². The smallest absolute Gasteiger partial charge is 0.254 e. The molecule has 1 amide bonds. The van der Waals surface area contributed by atoms with E-state index >= 15 is 0 Å². The lowest BCUT2D eigenvalue weighted by molar-refractivity contribution is 0.000638. The molecule has 5 nitrogen and oxygen atoms in total. The number of anilines is 1. The molecule has 0 saturated heterocycles. The SMILES string of the molecule is CCOC(C)(C)CNc1ccc(C(=O)N(C)C)cn1. The Kier molecular flexibility index (Phi) is 5.30. The second-order valence-corrected chi connectivity index (χ2v) is 5.18. The highest BCUT2D eigenvalue weighted by Gasteiger charge is 2.17. The lowest BCUT2D eigenvalue weighted by Gasteiger charge is -2.25. The minimum absolute atomic E-state index is 0.0475. The Morgan fingerprint density at radius 1 is 1.42 bits per heavy atom. The van der Waals surface area contributed by atoms with Crippen LogP contribution in [0.3, 0.4) is 0 Å². The minimum atomic E-state index is -0.242. The molecule has 19 heavy (non-hydrogen) atoms. The standard InChI is InChI=1S/C14H23N3O2/c1-6-19-14(2,3)10-16-12-8-7-11(9-15-12)13(18)17(4)5/h7-9H,6,10H2,1-5H3,(H,15,16). The van der Waals surface area contributed by atoms with Crippen molar-refractivity contribution in [1.82, 2.24) is 9.88 Å². The van der Waals surface area contributed by atoms with Crippen molar-refractivity contribution < 1.29 is 9.53 Å². The lowest BCUT2D eigenvalue weighted by Crippen LogP contribution is -2.33. The van der Waals surface area contributed by atoms with Crippen LogP contribution in [0.4, 0.5) is 5.82 Å². The number of amides is 1. The van der Waals surface area contributed by atoms with Crippen molar-refractivity contribution in [3.8, 4) is 0 Å². The van der Waals surface area contributed by atoms with Gasteiger partial charge in [-0.15, -0.1) is 0 Å². The van der Waals surface area contributed by atoms with Gasteiger partial charge in [0.15, 0.2) is 0 Å². The number of nitrogens with zero attached hydrogens (tertiary/aromatic N) is 2. The summed E-state index contributed by atoms with van der Waals surface area (Å²) in [6.07, 6.45) is 1.58. The topological polar surface area (TPSA) is 54.5 Å². The molecule has 5 heteroatoms. The van der Waals surface area contributed by atoms with Crippen LogP contribution in [-0.4, -0.2) is 48.6 Å². The Bertz CT molecular complexity index is 413. The maximum atomic E-state index is 11.7. The van der Waals surface area contributed by atoms with Gasteiger partial charge in [-0.2, -0.15) is 0 Å². The van der Waals surface area contributed by atoms with Crippen LogP contribution in [0.1, 0.15) is 31.1 Å². The quantitative estimate of drug-likeness (QED) is 0.855. The zero-order valence-electron chi connectivity index (χ0n) is 12.4. The van der Waals surface area contributed by atoms with Gasteiger partial charge >= 0.3 is 0 Å². The van der Waals surface area contributed by atoms with Gasteiger partial charge in [0.1, 0.15) is 5.82 Å². The molecule has 1 heterocycles. The molecule has 0 aromatic carbocycles. The molecule has 1 rings (SSSR count). The summed E-state index contributed by atoms with van der Waals surface area (Å²) in [5.74, 6) is 0.691. The third-order valence-electron chi connectivity index (χ3n) is 2.65. The van der Waals surface area contributed by atoms with Gasteiger partial charge in [-0.3, -0.25) is 4.79 Å². The number of carbonyl (C=O) groups excluding carboxylic acids is 1. The third-order valence-corrected chi connectivity index (χ3v) is 2.65. The van der Waals surface area contributed by atoms with Crippen molar-refractivity contribution in [2.45, 2.75) is 26.4 Å². The Morgan fingerprint density at radius 2 is 2.11 bits per heavy atom. The van der Waals surface area contributed by atoms with Gasteiger partial charge in [0, 0.05) is 33.4 Å². The fourth-order valence-corrected chi connectivity index (χ4v) is 1.63. The molecule has 0 aliphatic heterocycles. The summed E-state index contributed by atoms with van der Waals surface area (Å²) >= 11 is 0. The minimum Gasteiger partial charge on any atom is -0.374 e. The number of nitrogens with one attached hydrogen (secondary N) is 1. The van der Waals surface area contributed by atoms with Crippen LogP contribution in [0, 0.1) is 0 Å². The average Bonchev–Trinajstić information content (AvgIpc) is 2.36. The van der Waals surface area contributed by atoms with Crippen LogP contribution in [0.15, 0.2) is 18.3 Å². The van der Waals surface area contributed by atoms with Crippen molar-refractivity contribution in [2.24, 2.45) is 0 Å². The molecule has 1 aromatic rings. The Morgan fingerprint density at radius 3 is 2.58 bits per heavy atom. The molecule has 0 unspecified atom stereocenters. The first-order valence-corrected chi connectivity index (χ1v) is 6.41. The summed E-state index contributed by atoms with van der Waals surface area (Å²) in [7, 11) is 3.44. The summed E-state index contributed by atoms with van der Waals surface area (Å²) in [5, 5.41) is 3.20. The second-order valence-electron chi connectivity index (χ2n) is 5.18. The van der Waals surface area contributed by atoms with E-state index in [1.165, 1.54) is 4.90 Å². The summed E-state index contributed by atoms with van der Waals surface area (Å²) < 4.78 is 5.59. The molecular formula is C14H23N3O2. The van der Waals surface area contributed by atoms with Gasteiger partial charge in [0.25, 0.3) is 5.91 Å². The maximum Gasteiger partial charge on any atom is 0.254 e. The first-order chi connectivity index (χ1) is 8.85. The third kappa shape index (κ3) is 4.87. The number of rotatable bonds is 6. The van der Waals surface area contributed by atoms with Crippen LogP contribution < -0.4 is 5.32 Å². The molecular weight excluding hydrogens is 242 g/mol. The second kappa shape index (κ2) is 6.52. The van der Waals surface area contributed by atoms with Gasteiger partial charge in [-0.05, 0) is 32.9 Å². The van der Waals surface area contributed by atoms with Gasteiger partial charge < -0.3 is 15.0 Å². The van der Waals surface area contributed by atoms with E-state index in [9.17, 15) is 4.79 Å². The predicted octanol–water partition coefficient (Wildman–Crippen LogP) is 2.01. The number of hydrogen-bond acceptors (Lipinski definition) is 4. The molecule has 0 radical (unpaired) electrons. The number of pyridine rings is 1. The van der Waals surface area contributed by atoms with Gasteiger partial charge in [-0.25, -0.2) is 4.98 Å². The van der Waals surface area contributed by atoms with E-state index in [0.717, 1.165) is 5.82 Å². The first-order valence-electron chi connectivity index (χ1n) is 6.41. The highest BCUT2D eigenvalue weighted by molar-refractivity contribution is 5.93. The van der Waals surface area contributed by atoms with Crippen molar-refractivity contribution >= 4 is 11.7 Å². The molecule has 106 valence electrons. The van der Waals surface area contributed by atoms with Gasteiger partial charge in [0.05, 0.1) is 11.2 Å². The normalized spacial score (nSPS) is 11.2. The Balaban J connectivity index is 2.60. The zero-order chi connectivity index (χ0) is 14.5. The summed E-state index contributed by atoms with van der Waals surface area (Å²) in [4.78, 5) is 17.5. The van der Waals surface area contributed by atoms with E-state index in [4.69, 9.17) is 4.74 Å². The van der Waals surface area contributed by atoms with Crippen molar-refractivity contribution in [2.75, 3.05) is 32.6 Å². The fraction of sp³-hybridized carbons (Fsp3) is 0.571. The summed E-state index contributed by atoms with van der Waals surface area (Å²) in [5.41, 5.74) is 0.341. The van der Waals surface area contributed by atoms with Gasteiger partial charge in [-0.1, -0.05) is 0 Å². The van der Waals surface area contributed by atoms with E-state index in [-0.39, 0.29) is 11.5 Å². The molecule has 0 saturated carbocycles. The lowest BCUT2D eigenvalue weighted by atomic mass is 10.1. The summed E-state index contributed by atoms with van der Waals surface area (Å²) in [6, 6.07) is 3.57. The fourth-order valence-electron chi connectivity index (χ4n) is 1.63. The maximum absolute atomic E-state index is 11.7. The van der Waals surface area contributed by atoms with Crippen molar-refractivity contribution in [3.63, 3.8) is 0 Å². The molecule has 1 aromatic heterocycles. The van der Waals surface area contributed by atoms with Crippen LogP contribution >= 0.6 is 0 Å². The molecule has 0 spiro atoms. The van der Waals surface area contributed by atoms with E-state index in [1.807, 2.05) is 20.8 Å². The monoisotopic (exact) mass is 265 g/mol. The highest BCUT2D eigenvalue weighted by atomic mass is 16.5. The van der Waals surface area contributed by atoms with E-state index < -0.39 is 0 Å². The average molecular weight is 265 g/mol. The van der Waals surface area contributed by atoms with E-state index in [1.54, 1.807) is 32.4 Å². The Hall–Kier alpha value is -1.62. The van der Waals surface area contributed by atoms with E-state index in [2.05, 4.69) is 10.3 Å². The predicted molar refractivity (Wildman–Crippen MR) is 76.4 cm³/mol. The molecule has 1 N–H and O–H groups in total. The van der Waals surface area contributed by atoms with Crippen LogP contribution in [0.5, 0.6) is 0 Å². The number of ether oxygens (including phenoxy) is 1. The van der Waals surface area contributed by atoms with Crippen LogP contribution in [-0.2, 0) is 4.74 Å². The molecule has 0 aliphatic carbocycles. The highest BCUT2D eigenvalue weighted by Crippen LogP contribution is 2.12. The number of aromatic nitrogens is 1.